The maximum Gasteiger partial charge on any atom is 0.159 e. The molecule has 236 valence electrons. The zero-order valence-electron chi connectivity index (χ0n) is 26.5. The summed E-state index contributed by atoms with van der Waals surface area (Å²) in [5, 5.41) is 13.3. The highest BCUT2D eigenvalue weighted by Crippen LogP contribution is 2.37. The Morgan fingerprint density at radius 2 is 1.10 bits per heavy atom. The van der Waals surface area contributed by atoms with Crippen LogP contribution in [0.1, 0.15) is 51.9 Å². The Kier molecular flexibility index (Phi) is 7.29. The lowest BCUT2D eigenvalue weighted by Gasteiger charge is -2.33. The van der Waals surface area contributed by atoms with Crippen molar-refractivity contribution < 1.29 is 4.42 Å². The zero-order chi connectivity index (χ0) is 32.6. The third-order valence-electron chi connectivity index (χ3n) is 9.01. The second-order valence-electron chi connectivity index (χ2n) is 12.2. The molecule has 0 bridgehead atoms. The van der Waals surface area contributed by atoms with E-state index >= 15 is 0 Å². The molecule has 49 heavy (non-hydrogen) atoms. The number of nitrogens with zero attached hydrogens (tertiary/aromatic N) is 3. The maximum absolute atomic E-state index is 6.56. The van der Waals surface area contributed by atoms with E-state index in [0.29, 0.717) is 5.84 Å². The predicted octanol–water partition coefficient (Wildman–Crippen LogP) is 8.42. The predicted molar refractivity (Wildman–Crippen MR) is 197 cm³/mol. The van der Waals surface area contributed by atoms with Crippen LogP contribution in [0.25, 0.3) is 21.9 Å². The molecule has 0 spiro atoms. The summed E-state index contributed by atoms with van der Waals surface area (Å²) < 4.78 is 6.56. The van der Waals surface area contributed by atoms with Crippen LogP contribution in [-0.2, 0) is 0 Å². The smallest absolute Gasteiger partial charge is 0.159 e. The number of nitrogens with one attached hydrogen (secondary N) is 3. The first kappa shape index (κ1) is 28.9. The Hall–Kier alpha value is -6.31. The molecule has 9 rings (SSSR count). The normalized spacial score (nSPS) is 19.0. The van der Waals surface area contributed by atoms with Crippen LogP contribution in [0.15, 0.2) is 177 Å². The number of hydrogen-bond acceptors (Lipinski definition) is 7. The van der Waals surface area contributed by atoms with Crippen LogP contribution < -0.4 is 16.0 Å². The largest absolute Gasteiger partial charge is 0.456 e. The molecule has 7 aromatic rings. The number of benzene rings is 6. The average molecular weight is 637 g/mol. The number of amidine groups is 3. The highest BCUT2D eigenvalue weighted by Gasteiger charge is 2.30. The van der Waals surface area contributed by atoms with Gasteiger partial charge >= 0.3 is 0 Å². The number of para-hydroxylation sites is 1. The van der Waals surface area contributed by atoms with Crippen LogP contribution in [-0.4, -0.2) is 17.5 Å². The van der Waals surface area contributed by atoms with Crippen LogP contribution in [0.3, 0.4) is 0 Å². The van der Waals surface area contributed by atoms with Gasteiger partial charge in [-0.15, -0.1) is 0 Å². The molecule has 0 saturated carbocycles. The lowest BCUT2D eigenvalue weighted by atomic mass is 9.98. The Balaban J connectivity index is 1.22. The second kappa shape index (κ2) is 12.4. The van der Waals surface area contributed by atoms with E-state index in [2.05, 4.69) is 88.7 Å². The van der Waals surface area contributed by atoms with E-state index < -0.39 is 0 Å². The lowest BCUT2D eigenvalue weighted by molar-refractivity contribution is 0.411. The minimum absolute atomic E-state index is 0.274. The number of aliphatic imine (C=N–C) groups is 3. The van der Waals surface area contributed by atoms with Gasteiger partial charge in [0.1, 0.15) is 41.3 Å². The van der Waals surface area contributed by atoms with Crippen molar-refractivity contribution in [3.63, 3.8) is 0 Å². The first-order chi connectivity index (χ1) is 24.3. The first-order valence-corrected chi connectivity index (χ1v) is 16.5. The standard InChI is InChI=1S/C42H32N6O/c1-5-15-27(16-6-1)37-43-38(28-17-7-2-8-18-28)46-41(45-37)31-25-33(36-32-23-13-14-24-34(32)49-35(36)26-31)42-47-39(29-19-9-3-10-20-29)44-40(48-42)30-21-11-4-12-22-30/h1-26,37,39,42,47H,(H,44,48)(H,43,45,46). The molecule has 0 fully saturated rings. The van der Waals surface area contributed by atoms with Crippen LogP contribution in [0.2, 0.25) is 0 Å². The molecule has 2 aliphatic heterocycles. The van der Waals surface area contributed by atoms with Crippen LogP contribution in [0.4, 0.5) is 0 Å². The van der Waals surface area contributed by atoms with Gasteiger partial charge in [-0.2, -0.15) is 0 Å². The van der Waals surface area contributed by atoms with E-state index in [1.807, 2.05) is 84.9 Å². The van der Waals surface area contributed by atoms with Crippen molar-refractivity contribution in [3.8, 4) is 0 Å². The van der Waals surface area contributed by atoms with Gasteiger partial charge in [0.05, 0.1) is 0 Å². The highest BCUT2D eigenvalue weighted by atomic mass is 16.3. The van der Waals surface area contributed by atoms with E-state index in [1.165, 1.54) is 0 Å². The Morgan fingerprint density at radius 3 is 1.82 bits per heavy atom. The number of rotatable bonds is 6. The summed E-state index contributed by atoms with van der Waals surface area (Å²) in [5.41, 5.74) is 7.65. The Morgan fingerprint density at radius 1 is 0.490 bits per heavy atom. The van der Waals surface area contributed by atoms with Gasteiger partial charge in [-0.25, -0.2) is 15.0 Å². The molecule has 2 aliphatic rings. The minimum atomic E-state index is -0.316. The number of furan rings is 1. The molecule has 6 aromatic carbocycles. The van der Waals surface area contributed by atoms with Crippen molar-refractivity contribution in [2.24, 2.45) is 15.0 Å². The third kappa shape index (κ3) is 5.56. The molecule has 1 aromatic heterocycles. The summed E-state index contributed by atoms with van der Waals surface area (Å²) in [6.07, 6.45) is -0.898. The topological polar surface area (TPSA) is 86.3 Å². The van der Waals surface area contributed by atoms with Crippen LogP contribution in [0, 0.1) is 0 Å². The molecule has 7 heteroatoms. The summed E-state index contributed by atoms with van der Waals surface area (Å²) in [5.74, 6) is 2.21. The van der Waals surface area contributed by atoms with Crippen LogP contribution >= 0.6 is 0 Å². The fourth-order valence-corrected chi connectivity index (χ4v) is 6.64. The van der Waals surface area contributed by atoms with Crippen molar-refractivity contribution in [3.05, 3.63) is 191 Å². The van der Waals surface area contributed by atoms with Gasteiger partial charge in [0.15, 0.2) is 5.84 Å². The van der Waals surface area contributed by atoms with Gasteiger partial charge in [0.2, 0.25) is 0 Å². The Labute approximate surface area is 283 Å². The molecule has 0 radical (unpaired) electrons. The molecular formula is C42H32N6O. The van der Waals surface area contributed by atoms with E-state index in [9.17, 15) is 0 Å². The van der Waals surface area contributed by atoms with E-state index in [1.54, 1.807) is 0 Å². The molecule has 0 amide bonds. The molecule has 0 aliphatic carbocycles. The molecule has 0 saturated heterocycles. The van der Waals surface area contributed by atoms with Gasteiger partial charge < -0.3 is 15.1 Å². The quantitative estimate of drug-likeness (QED) is 0.171. The zero-order valence-corrected chi connectivity index (χ0v) is 26.5. The first-order valence-electron chi connectivity index (χ1n) is 16.5. The van der Waals surface area contributed by atoms with Crippen molar-refractivity contribution in [1.29, 1.82) is 0 Å². The molecule has 7 nitrogen and oxygen atoms in total. The van der Waals surface area contributed by atoms with Gasteiger partial charge in [-0.1, -0.05) is 140 Å². The fraction of sp³-hybridized carbons (Fsp3) is 0.0714. The van der Waals surface area contributed by atoms with Gasteiger partial charge in [-0.05, 0) is 29.3 Å². The minimum Gasteiger partial charge on any atom is -0.456 e. The van der Waals surface area contributed by atoms with Gasteiger partial charge in [0, 0.05) is 33.0 Å². The van der Waals surface area contributed by atoms with E-state index in [-0.39, 0.29) is 18.5 Å². The van der Waals surface area contributed by atoms with Gasteiger partial charge in [-0.3, -0.25) is 5.32 Å². The van der Waals surface area contributed by atoms with Crippen molar-refractivity contribution >= 4 is 39.4 Å². The second-order valence-corrected chi connectivity index (χ2v) is 12.2. The summed E-state index contributed by atoms with van der Waals surface area (Å²) >= 11 is 0. The summed E-state index contributed by atoms with van der Waals surface area (Å²) in [7, 11) is 0. The molecule has 3 unspecified atom stereocenters. The summed E-state index contributed by atoms with van der Waals surface area (Å²) in [4.78, 5) is 15.3. The lowest BCUT2D eigenvalue weighted by Crippen LogP contribution is -2.45. The van der Waals surface area contributed by atoms with Crippen molar-refractivity contribution in [2.75, 3.05) is 0 Å². The number of fused-ring (bicyclic) bond motifs is 3. The SMILES string of the molecule is c1ccc(C2=NC(c3ccccc3)NC(c3cc(C4NC(c5ccccc5)=NC(c5ccccc5)N4)c4c(c3)oc3ccccc34)=N2)cc1. The molecule has 3 heterocycles. The van der Waals surface area contributed by atoms with Crippen molar-refractivity contribution in [1.82, 2.24) is 16.0 Å². The third-order valence-corrected chi connectivity index (χ3v) is 9.01. The highest BCUT2D eigenvalue weighted by molar-refractivity contribution is 6.15. The van der Waals surface area contributed by atoms with Gasteiger partial charge in [0.25, 0.3) is 0 Å². The van der Waals surface area contributed by atoms with Crippen LogP contribution in [0.5, 0.6) is 0 Å². The molecular weight excluding hydrogens is 605 g/mol. The average Bonchev–Trinajstić information content (AvgIpc) is 3.57. The van der Waals surface area contributed by atoms with Crippen molar-refractivity contribution in [2.45, 2.75) is 18.5 Å². The molecule has 3 atom stereocenters. The van der Waals surface area contributed by atoms with E-state index in [4.69, 9.17) is 19.4 Å². The Bertz CT molecular complexity index is 2370. The van der Waals surface area contributed by atoms with E-state index in [0.717, 1.165) is 67.0 Å². The fourth-order valence-electron chi connectivity index (χ4n) is 6.64. The molecule has 3 N–H and O–H groups in total. The summed E-state index contributed by atoms with van der Waals surface area (Å²) in [6, 6.07) is 53.5. The monoisotopic (exact) mass is 636 g/mol. The number of hydrogen-bond donors (Lipinski definition) is 3. The maximum atomic E-state index is 6.56. The summed E-state index contributed by atoms with van der Waals surface area (Å²) in [6.45, 7) is 0.